The molecule has 1 saturated heterocycles. The zero-order valence-corrected chi connectivity index (χ0v) is 17.3. The van der Waals surface area contributed by atoms with Gasteiger partial charge in [-0.1, -0.05) is 36.4 Å². The van der Waals surface area contributed by atoms with Gasteiger partial charge < -0.3 is 9.47 Å². The second-order valence-corrected chi connectivity index (χ2v) is 9.47. The second-order valence-electron chi connectivity index (χ2n) is 6.42. The van der Waals surface area contributed by atoms with E-state index in [1.54, 1.807) is 42.4 Å². The van der Waals surface area contributed by atoms with Gasteiger partial charge in [0, 0.05) is 23.2 Å². The van der Waals surface area contributed by atoms with Gasteiger partial charge in [-0.2, -0.15) is 4.31 Å². The first kappa shape index (κ1) is 19.1. The first-order valence-electron chi connectivity index (χ1n) is 8.89. The van der Waals surface area contributed by atoms with Crippen molar-refractivity contribution in [2.75, 3.05) is 26.5 Å². The van der Waals surface area contributed by atoms with Crippen LogP contribution in [0, 0.1) is 0 Å². The third-order valence-corrected chi connectivity index (χ3v) is 8.19. The molecule has 0 amide bonds. The van der Waals surface area contributed by atoms with Crippen molar-refractivity contribution in [1.29, 1.82) is 0 Å². The molecule has 28 heavy (non-hydrogen) atoms. The predicted octanol–water partition coefficient (Wildman–Crippen LogP) is 4.29. The first-order chi connectivity index (χ1) is 13.6. The van der Waals surface area contributed by atoms with E-state index in [1.165, 1.54) is 0 Å². The van der Waals surface area contributed by atoms with E-state index in [2.05, 4.69) is 0 Å². The van der Waals surface area contributed by atoms with Gasteiger partial charge in [-0.05, 0) is 29.7 Å². The molecule has 1 aliphatic heterocycles. The maximum atomic E-state index is 13.6. The zero-order valence-electron chi connectivity index (χ0n) is 15.7. The monoisotopic (exact) mass is 415 g/mol. The summed E-state index contributed by atoms with van der Waals surface area (Å²) >= 11 is 1.59. The minimum atomic E-state index is -3.69. The van der Waals surface area contributed by atoms with Crippen LogP contribution in [0.2, 0.25) is 0 Å². The second kappa shape index (κ2) is 7.66. The normalized spacial score (nSPS) is 17.7. The summed E-state index contributed by atoms with van der Waals surface area (Å²) in [6.07, 6.45) is 0. The quantitative estimate of drug-likeness (QED) is 0.622. The van der Waals surface area contributed by atoms with Crippen LogP contribution < -0.4 is 9.47 Å². The first-order valence-corrected chi connectivity index (χ1v) is 11.4. The SMILES string of the molecule is COc1ccc(OC)c(C2SCCN2S(=O)(=O)c2cccc3ccccc23)c1. The van der Waals surface area contributed by atoms with Gasteiger partial charge in [0.1, 0.15) is 11.5 Å². The van der Waals surface area contributed by atoms with Crippen molar-refractivity contribution in [3.8, 4) is 11.5 Å². The average Bonchev–Trinajstić information content (AvgIpc) is 3.23. The Kier molecular flexibility index (Phi) is 5.23. The van der Waals surface area contributed by atoms with Gasteiger partial charge in [-0.3, -0.25) is 0 Å². The molecule has 1 unspecified atom stereocenters. The number of sulfonamides is 1. The number of thioether (sulfide) groups is 1. The molecule has 3 aromatic rings. The molecule has 0 radical (unpaired) electrons. The van der Waals surface area contributed by atoms with E-state index in [4.69, 9.17) is 9.47 Å². The fraction of sp³-hybridized carbons (Fsp3) is 0.238. The molecule has 0 bridgehead atoms. The number of rotatable bonds is 5. The van der Waals surface area contributed by atoms with Crippen molar-refractivity contribution in [3.63, 3.8) is 0 Å². The van der Waals surface area contributed by atoms with Crippen molar-refractivity contribution in [3.05, 3.63) is 66.2 Å². The van der Waals surface area contributed by atoms with E-state index in [-0.39, 0.29) is 5.37 Å². The molecule has 0 aliphatic carbocycles. The molecular weight excluding hydrogens is 394 g/mol. The average molecular weight is 416 g/mol. The lowest BCUT2D eigenvalue weighted by atomic mass is 10.1. The number of ether oxygens (including phenoxy) is 2. The van der Waals surface area contributed by atoms with E-state index in [0.29, 0.717) is 22.9 Å². The summed E-state index contributed by atoms with van der Waals surface area (Å²) in [6, 6.07) is 18.4. The Balaban J connectivity index is 1.82. The molecule has 5 nitrogen and oxygen atoms in total. The molecule has 1 aliphatic rings. The Hall–Kier alpha value is -2.22. The van der Waals surface area contributed by atoms with Crippen molar-refractivity contribution >= 4 is 32.6 Å². The smallest absolute Gasteiger partial charge is 0.245 e. The maximum absolute atomic E-state index is 13.6. The molecule has 0 N–H and O–H groups in total. The van der Waals surface area contributed by atoms with Crippen LogP contribution in [-0.2, 0) is 10.0 Å². The summed E-state index contributed by atoms with van der Waals surface area (Å²) in [5, 5.41) is 1.28. The molecule has 0 spiro atoms. The van der Waals surface area contributed by atoms with Gasteiger partial charge >= 0.3 is 0 Å². The summed E-state index contributed by atoms with van der Waals surface area (Å²) in [5.74, 6) is 2.04. The van der Waals surface area contributed by atoms with Crippen LogP contribution in [0.3, 0.4) is 0 Å². The zero-order chi connectivity index (χ0) is 19.7. The highest BCUT2D eigenvalue weighted by molar-refractivity contribution is 8.01. The molecule has 1 fully saturated rings. The molecule has 1 heterocycles. The van der Waals surface area contributed by atoms with Gasteiger partial charge in [-0.25, -0.2) is 8.42 Å². The number of benzene rings is 3. The molecule has 3 aromatic carbocycles. The number of nitrogens with zero attached hydrogens (tertiary/aromatic N) is 1. The summed E-state index contributed by atoms with van der Waals surface area (Å²) in [6.45, 7) is 0.446. The lowest BCUT2D eigenvalue weighted by Crippen LogP contribution is -2.31. The predicted molar refractivity (Wildman–Crippen MR) is 113 cm³/mol. The van der Waals surface area contributed by atoms with E-state index in [0.717, 1.165) is 22.1 Å². The Morgan fingerprint density at radius 1 is 1.00 bits per heavy atom. The van der Waals surface area contributed by atoms with Crippen molar-refractivity contribution in [2.45, 2.75) is 10.3 Å². The molecule has 146 valence electrons. The van der Waals surface area contributed by atoms with Crippen molar-refractivity contribution in [2.24, 2.45) is 0 Å². The van der Waals surface area contributed by atoms with Gasteiger partial charge in [0.05, 0.1) is 24.5 Å². The summed E-state index contributed by atoms with van der Waals surface area (Å²) in [4.78, 5) is 0.333. The van der Waals surface area contributed by atoms with Crippen LogP contribution in [0.15, 0.2) is 65.6 Å². The third-order valence-electron chi connectivity index (χ3n) is 4.89. The maximum Gasteiger partial charge on any atom is 0.245 e. The molecule has 0 aromatic heterocycles. The minimum Gasteiger partial charge on any atom is -0.497 e. The molecular formula is C21H21NO4S2. The lowest BCUT2D eigenvalue weighted by Gasteiger charge is -2.25. The Morgan fingerprint density at radius 3 is 2.57 bits per heavy atom. The topological polar surface area (TPSA) is 55.8 Å². The van der Waals surface area contributed by atoms with Crippen LogP contribution in [0.5, 0.6) is 11.5 Å². The van der Waals surface area contributed by atoms with Gasteiger partial charge in [0.15, 0.2) is 0 Å². The lowest BCUT2D eigenvalue weighted by molar-refractivity contribution is 0.383. The minimum absolute atomic E-state index is 0.333. The fourth-order valence-electron chi connectivity index (χ4n) is 3.53. The standard InChI is InChI=1S/C21H21NO4S2/c1-25-16-10-11-19(26-2)18(14-16)21-22(12-13-27-21)28(23,24)20-9-5-7-15-6-3-4-8-17(15)20/h3-11,14,21H,12-13H2,1-2H3. The van der Waals surface area contributed by atoms with E-state index < -0.39 is 10.0 Å². The van der Waals surface area contributed by atoms with Crippen molar-refractivity contribution in [1.82, 2.24) is 4.31 Å². The van der Waals surface area contributed by atoms with Crippen LogP contribution in [0.1, 0.15) is 10.9 Å². The van der Waals surface area contributed by atoms with Gasteiger partial charge in [0.25, 0.3) is 0 Å². The van der Waals surface area contributed by atoms with Crippen LogP contribution in [0.25, 0.3) is 10.8 Å². The summed E-state index contributed by atoms with van der Waals surface area (Å²) in [5.41, 5.74) is 0.799. The highest BCUT2D eigenvalue weighted by atomic mass is 32.2. The summed E-state index contributed by atoms with van der Waals surface area (Å²) in [7, 11) is -0.504. The highest BCUT2D eigenvalue weighted by Gasteiger charge is 2.39. The Morgan fingerprint density at radius 2 is 1.79 bits per heavy atom. The van der Waals surface area contributed by atoms with Gasteiger partial charge in [0.2, 0.25) is 10.0 Å². The Bertz CT molecular complexity index is 1110. The number of hydrogen-bond acceptors (Lipinski definition) is 5. The van der Waals surface area contributed by atoms with E-state index >= 15 is 0 Å². The fourth-order valence-corrected chi connectivity index (χ4v) is 6.99. The van der Waals surface area contributed by atoms with Crippen LogP contribution in [0.4, 0.5) is 0 Å². The molecule has 1 atom stereocenters. The third kappa shape index (κ3) is 3.23. The highest BCUT2D eigenvalue weighted by Crippen LogP contribution is 2.46. The van der Waals surface area contributed by atoms with Crippen LogP contribution in [-0.4, -0.2) is 39.2 Å². The van der Waals surface area contributed by atoms with E-state index in [1.807, 2.05) is 48.5 Å². The Labute approximate surface area is 169 Å². The largest absolute Gasteiger partial charge is 0.497 e. The molecule has 0 saturated carbocycles. The summed E-state index contributed by atoms with van der Waals surface area (Å²) < 4.78 is 39.7. The van der Waals surface area contributed by atoms with E-state index in [9.17, 15) is 8.42 Å². The number of methoxy groups -OCH3 is 2. The number of fused-ring (bicyclic) bond motifs is 1. The number of hydrogen-bond donors (Lipinski definition) is 0. The molecule has 4 rings (SSSR count). The van der Waals surface area contributed by atoms with Gasteiger partial charge in [-0.15, -0.1) is 11.8 Å². The molecule has 7 heteroatoms. The van der Waals surface area contributed by atoms with Crippen molar-refractivity contribution < 1.29 is 17.9 Å². The van der Waals surface area contributed by atoms with Crippen LogP contribution >= 0.6 is 11.8 Å².